The largest absolute Gasteiger partial charge is 0.343 e. The van der Waals surface area contributed by atoms with E-state index in [1.165, 1.54) is 5.56 Å². The van der Waals surface area contributed by atoms with Gasteiger partial charge in [0.05, 0.1) is 17.5 Å². The zero-order valence-corrected chi connectivity index (χ0v) is 12.0. The highest BCUT2D eigenvalue weighted by atomic mass is 15.1. The summed E-state index contributed by atoms with van der Waals surface area (Å²) >= 11 is 0. The van der Waals surface area contributed by atoms with Crippen molar-refractivity contribution in [2.24, 2.45) is 0 Å². The van der Waals surface area contributed by atoms with Gasteiger partial charge in [0.2, 0.25) is 0 Å². The number of benzene rings is 1. The van der Waals surface area contributed by atoms with Gasteiger partial charge in [-0.2, -0.15) is 0 Å². The monoisotopic (exact) mass is 266 g/mol. The third kappa shape index (κ3) is 2.30. The predicted molar refractivity (Wildman–Crippen MR) is 81.4 cm³/mol. The van der Waals surface area contributed by atoms with E-state index in [1.807, 2.05) is 12.1 Å². The lowest BCUT2D eigenvalue weighted by molar-refractivity contribution is 0.321. The maximum absolute atomic E-state index is 4.56. The van der Waals surface area contributed by atoms with Gasteiger partial charge >= 0.3 is 0 Å². The fourth-order valence-corrected chi connectivity index (χ4v) is 2.21. The van der Waals surface area contributed by atoms with Gasteiger partial charge in [0, 0.05) is 11.6 Å². The minimum absolute atomic E-state index is 0.408. The van der Waals surface area contributed by atoms with E-state index in [4.69, 9.17) is 0 Å². The van der Waals surface area contributed by atoms with Crippen LogP contribution in [-0.2, 0) is 0 Å². The molecule has 0 saturated carbocycles. The fraction of sp³-hybridized carbons (Fsp3) is 0.250. The first-order valence-electron chi connectivity index (χ1n) is 6.72. The molecule has 0 aliphatic rings. The summed E-state index contributed by atoms with van der Waals surface area (Å²) in [5.74, 6) is 0. The topological polar surface area (TPSA) is 44.8 Å². The summed E-state index contributed by atoms with van der Waals surface area (Å²) in [6.07, 6.45) is 1.67. The van der Waals surface area contributed by atoms with Gasteiger partial charge in [-0.05, 0) is 38.7 Å². The molecule has 3 aromatic rings. The quantitative estimate of drug-likeness (QED) is 0.791. The van der Waals surface area contributed by atoms with E-state index in [0.717, 1.165) is 22.4 Å². The zero-order chi connectivity index (χ0) is 14.1. The van der Waals surface area contributed by atoms with E-state index in [-0.39, 0.29) is 0 Å². The summed E-state index contributed by atoms with van der Waals surface area (Å²) in [7, 11) is 4.18. The van der Waals surface area contributed by atoms with Crippen molar-refractivity contribution in [2.75, 3.05) is 14.1 Å². The maximum atomic E-state index is 4.56. The Labute approximate surface area is 118 Å². The molecule has 0 fully saturated rings. The second-order valence-corrected chi connectivity index (χ2v) is 5.23. The molecule has 20 heavy (non-hydrogen) atoms. The molecule has 0 aliphatic heterocycles. The highest BCUT2D eigenvalue weighted by Gasteiger charge is 2.08. The van der Waals surface area contributed by atoms with E-state index < -0.39 is 0 Å². The first kappa shape index (κ1) is 12.8. The molecule has 0 spiro atoms. The van der Waals surface area contributed by atoms with Crippen molar-refractivity contribution >= 4 is 11.2 Å². The standard InChI is InChI=1S/C16H18N4/c1-11(20(2)3)12-4-6-13(7-5-12)14-8-9-15-16(19-14)18-10-17-15/h4-11H,1-3H3,(H,17,18,19). The average Bonchev–Trinajstić information content (AvgIpc) is 2.94. The minimum Gasteiger partial charge on any atom is -0.343 e. The van der Waals surface area contributed by atoms with Crippen molar-refractivity contribution < 1.29 is 0 Å². The van der Waals surface area contributed by atoms with Gasteiger partial charge in [0.25, 0.3) is 0 Å². The van der Waals surface area contributed by atoms with E-state index >= 15 is 0 Å². The number of fused-ring (bicyclic) bond motifs is 1. The van der Waals surface area contributed by atoms with Crippen LogP contribution in [0.3, 0.4) is 0 Å². The molecule has 3 rings (SSSR count). The Morgan fingerprint density at radius 1 is 1.05 bits per heavy atom. The SMILES string of the molecule is CC(c1ccc(-c2ccc3[nH]cnc3n2)cc1)N(C)C. The van der Waals surface area contributed by atoms with Crippen LogP contribution in [0.4, 0.5) is 0 Å². The maximum Gasteiger partial charge on any atom is 0.177 e. The van der Waals surface area contributed by atoms with Crippen LogP contribution in [0.2, 0.25) is 0 Å². The van der Waals surface area contributed by atoms with Crippen LogP contribution in [0, 0.1) is 0 Å². The molecule has 4 heteroatoms. The zero-order valence-electron chi connectivity index (χ0n) is 12.0. The van der Waals surface area contributed by atoms with Crippen molar-refractivity contribution in [3.05, 3.63) is 48.3 Å². The molecule has 2 aromatic heterocycles. The van der Waals surface area contributed by atoms with E-state index in [0.29, 0.717) is 6.04 Å². The molecule has 0 amide bonds. The minimum atomic E-state index is 0.408. The first-order valence-corrected chi connectivity index (χ1v) is 6.72. The Bertz CT molecular complexity index is 713. The van der Waals surface area contributed by atoms with E-state index in [1.54, 1.807) is 6.33 Å². The summed E-state index contributed by atoms with van der Waals surface area (Å²) in [4.78, 5) is 14.0. The number of aromatic nitrogens is 3. The average molecular weight is 266 g/mol. The molecule has 1 atom stereocenters. The van der Waals surface area contributed by atoms with Crippen LogP contribution in [0.1, 0.15) is 18.5 Å². The van der Waals surface area contributed by atoms with Gasteiger partial charge in [-0.25, -0.2) is 9.97 Å². The normalized spacial score (nSPS) is 13.0. The molecule has 0 bridgehead atoms. The second-order valence-electron chi connectivity index (χ2n) is 5.23. The highest BCUT2D eigenvalue weighted by Crippen LogP contribution is 2.23. The Morgan fingerprint density at radius 2 is 1.80 bits per heavy atom. The summed E-state index contributed by atoms with van der Waals surface area (Å²) < 4.78 is 0. The van der Waals surface area contributed by atoms with Gasteiger partial charge < -0.3 is 9.88 Å². The highest BCUT2D eigenvalue weighted by molar-refractivity contribution is 5.74. The molecule has 4 nitrogen and oxygen atoms in total. The number of pyridine rings is 1. The Balaban J connectivity index is 1.94. The molecule has 1 N–H and O–H groups in total. The lowest BCUT2D eigenvalue weighted by atomic mass is 10.0. The van der Waals surface area contributed by atoms with Crippen molar-refractivity contribution in [1.82, 2.24) is 19.9 Å². The summed E-state index contributed by atoms with van der Waals surface area (Å²) in [6, 6.07) is 13.0. The molecule has 102 valence electrons. The molecular formula is C16H18N4. The number of imidazole rings is 1. The van der Waals surface area contributed by atoms with Crippen molar-refractivity contribution in [3.8, 4) is 11.3 Å². The number of hydrogen-bond donors (Lipinski definition) is 1. The molecular weight excluding hydrogens is 248 g/mol. The smallest absolute Gasteiger partial charge is 0.177 e. The molecule has 0 saturated heterocycles. The van der Waals surface area contributed by atoms with Crippen molar-refractivity contribution in [1.29, 1.82) is 0 Å². The number of H-pyrrole nitrogens is 1. The first-order chi connectivity index (χ1) is 9.65. The number of aromatic amines is 1. The molecule has 1 unspecified atom stereocenters. The van der Waals surface area contributed by atoms with Gasteiger partial charge in [-0.1, -0.05) is 24.3 Å². The third-order valence-corrected chi connectivity index (χ3v) is 3.75. The van der Waals surface area contributed by atoms with Gasteiger partial charge in [0.15, 0.2) is 5.65 Å². The van der Waals surface area contributed by atoms with Gasteiger partial charge in [-0.3, -0.25) is 0 Å². The Morgan fingerprint density at radius 3 is 2.50 bits per heavy atom. The lowest BCUT2D eigenvalue weighted by Crippen LogP contribution is -2.16. The molecule has 0 aliphatic carbocycles. The Hall–Kier alpha value is -2.20. The van der Waals surface area contributed by atoms with E-state index in [9.17, 15) is 0 Å². The van der Waals surface area contributed by atoms with Crippen LogP contribution < -0.4 is 0 Å². The number of hydrogen-bond acceptors (Lipinski definition) is 3. The lowest BCUT2D eigenvalue weighted by Gasteiger charge is -2.20. The number of nitrogens with one attached hydrogen (secondary N) is 1. The Kier molecular flexibility index (Phi) is 3.24. The molecule has 2 heterocycles. The molecule has 0 radical (unpaired) electrons. The van der Waals surface area contributed by atoms with Crippen molar-refractivity contribution in [2.45, 2.75) is 13.0 Å². The third-order valence-electron chi connectivity index (χ3n) is 3.75. The van der Waals surface area contributed by atoms with Crippen LogP contribution in [0.5, 0.6) is 0 Å². The van der Waals surface area contributed by atoms with Crippen molar-refractivity contribution in [3.63, 3.8) is 0 Å². The van der Waals surface area contributed by atoms with Crippen LogP contribution in [-0.4, -0.2) is 33.9 Å². The van der Waals surface area contributed by atoms with Gasteiger partial charge in [0.1, 0.15) is 0 Å². The molecule has 1 aromatic carbocycles. The van der Waals surface area contributed by atoms with Crippen LogP contribution >= 0.6 is 0 Å². The van der Waals surface area contributed by atoms with Crippen LogP contribution in [0.15, 0.2) is 42.7 Å². The fourth-order valence-electron chi connectivity index (χ4n) is 2.21. The van der Waals surface area contributed by atoms with Crippen LogP contribution in [0.25, 0.3) is 22.4 Å². The summed E-state index contributed by atoms with van der Waals surface area (Å²) in [5.41, 5.74) is 5.10. The number of nitrogens with zero attached hydrogens (tertiary/aromatic N) is 3. The van der Waals surface area contributed by atoms with E-state index in [2.05, 4.69) is 65.1 Å². The second kappa shape index (κ2) is 5.06. The predicted octanol–water partition coefficient (Wildman–Crippen LogP) is 3.25. The number of rotatable bonds is 3. The summed E-state index contributed by atoms with van der Waals surface area (Å²) in [5, 5.41) is 0. The summed E-state index contributed by atoms with van der Waals surface area (Å²) in [6.45, 7) is 2.20. The van der Waals surface area contributed by atoms with Gasteiger partial charge in [-0.15, -0.1) is 0 Å².